The number of nitrogens with zero attached hydrogens (tertiary/aromatic N) is 3. The van der Waals surface area contributed by atoms with Crippen molar-refractivity contribution in [2.75, 3.05) is 5.88 Å². The number of halogens is 2. The van der Waals surface area contributed by atoms with Gasteiger partial charge in [-0.05, 0) is 25.3 Å². The van der Waals surface area contributed by atoms with E-state index in [0.717, 1.165) is 29.8 Å². The van der Waals surface area contributed by atoms with E-state index >= 15 is 0 Å². The van der Waals surface area contributed by atoms with E-state index < -0.39 is 0 Å². The van der Waals surface area contributed by atoms with Gasteiger partial charge in [0.1, 0.15) is 11.3 Å². The van der Waals surface area contributed by atoms with E-state index in [1.807, 2.05) is 6.07 Å². The third-order valence-electron chi connectivity index (χ3n) is 3.14. The first-order valence-corrected chi connectivity index (χ1v) is 7.52. The summed E-state index contributed by atoms with van der Waals surface area (Å²) in [6.07, 6.45) is 3.51. The number of imidazole rings is 1. The average molecular weight is 300 g/mol. The first-order chi connectivity index (χ1) is 9.02. The summed E-state index contributed by atoms with van der Waals surface area (Å²) in [6.45, 7) is 6.65. The van der Waals surface area contributed by atoms with E-state index in [-0.39, 0.29) is 0 Å². The summed E-state index contributed by atoms with van der Waals surface area (Å²) in [5, 5.41) is 0.617. The highest BCUT2D eigenvalue weighted by Crippen LogP contribution is 2.26. The molecular weight excluding hydrogens is 281 g/mol. The predicted octanol–water partition coefficient (Wildman–Crippen LogP) is 4.47. The standard InChI is InChI=1S/C14H19Cl2N3/c1-9(2)6-10(3)19-13(4-5-15)18-12-7-11(16)8-17-14(12)19/h7-10H,4-6H2,1-3H3. The average Bonchev–Trinajstić information content (AvgIpc) is 2.65. The number of fused-ring (bicyclic) bond motifs is 1. The molecule has 0 fully saturated rings. The molecule has 0 saturated heterocycles. The van der Waals surface area contributed by atoms with Crippen molar-refractivity contribution < 1.29 is 0 Å². The third-order valence-corrected chi connectivity index (χ3v) is 3.54. The van der Waals surface area contributed by atoms with Gasteiger partial charge in [-0.1, -0.05) is 25.4 Å². The molecule has 104 valence electrons. The van der Waals surface area contributed by atoms with Crippen molar-refractivity contribution in [3.8, 4) is 0 Å². The lowest BCUT2D eigenvalue weighted by Gasteiger charge is -2.18. The fourth-order valence-corrected chi connectivity index (χ4v) is 2.84. The first-order valence-electron chi connectivity index (χ1n) is 6.61. The van der Waals surface area contributed by atoms with Gasteiger partial charge in [-0.15, -0.1) is 11.6 Å². The summed E-state index contributed by atoms with van der Waals surface area (Å²) in [5.41, 5.74) is 1.75. The van der Waals surface area contributed by atoms with Crippen molar-refractivity contribution in [2.24, 2.45) is 5.92 Å². The van der Waals surface area contributed by atoms with E-state index in [9.17, 15) is 0 Å². The highest BCUT2D eigenvalue weighted by Gasteiger charge is 2.17. The van der Waals surface area contributed by atoms with Gasteiger partial charge in [-0.25, -0.2) is 9.97 Å². The molecule has 2 aromatic heterocycles. The minimum Gasteiger partial charge on any atom is -0.310 e. The molecule has 0 aromatic carbocycles. The molecule has 1 atom stereocenters. The Labute approximate surface area is 123 Å². The minimum absolute atomic E-state index is 0.358. The number of aromatic nitrogens is 3. The van der Waals surface area contributed by atoms with Crippen LogP contribution in [0.1, 0.15) is 39.1 Å². The van der Waals surface area contributed by atoms with Crippen molar-refractivity contribution >= 4 is 34.4 Å². The molecule has 0 amide bonds. The van der Waals surface area contributed by atoms with Gasteiger partial charge in [0.25, 0.3) is 0 Å². The van der Waals surface area contributed by atoms with Gasteiger partial charge in [0.2, 0.25) is 0 Å². The Morgan fingerprint density at radius 3 is 2.68 bits per heavy atom. The molecule has 1 unspecified atom stereocenters. The maximum absolute atomic E-state index is 5.98. The zero-order valence-corrected chi connectivity index (χ0v) is 13.0. The van der Waals surface area contributed by atoms with Crippen LogP contribution < -0.4 is 0 Å². The first kappa shape index (κ1) is 14.6. The van der Waals surface area contributed by atoms with Crippen LogP contribution in [0.2, 0.25) is 5.02 Å². The summed E-state index contributed by atoms with van der Waals surface area (Å²) >= 11 is 11.9. The van der Waals surface area contributed by atoms with Crippen LogP contribution in [0, 0.1) is 5.92 Å². The zero-order valence-electron chi connectivity index (χ0n) is 11.5. The Kier molecular flexibility index (Phi) is 4.69. The molecule has 0 aliphatic rings. The van der Waals surface area contributed by atoms with E-state index in [1.54, 1.807) is 6.20 Å². The van der Waals surface area contributed by atoms with E-state index in [2.05, 4.69) is 35.3 Å². The molecule has 3 nitrogen and oxygen atoms in total. The van der Waals surface area contributed by atoms with Crippen molar-refractivity contribution in [3.63, 3.8) is 0 Å². The van der Waals surface area contributed by atoms with Gasteiger partial charge in [0.15, 0.2) is 5.65 Å². The molecule has 0 saturated carbocycles. The Hall–Kier alpha value is -0.800. The molecule has 0 bridgehead atoms. The molecule has 2 heterocycles. The zero-order chi connectivity index (χ0) is 14.0. The fourth-order valence-electron chi connectivity index (χ4n) is 2.52. The monoisotopic (exact) mass is 299 g/mol. The van der Waals surface area contributed by atoms with Crippen LogP contribution in [0.4, 0.5) is 0 Å². The molecule has 2 rings (SSSR count). The Bertz CT molecular complexity index is 563. The maximum atomic E-state index is 5.98. The van der Waals surface area contributed by atoms with Crippen molar-refractivity contribution in [3.05, 3.63) is 23.1 Å². The van der Waals surface area contributed by atoms with Crippen LogP contribution in [0.25, 0.3) is 11.2 Å². The SMILES string of the molecule is CC(C)CC(C)n1c(CCCl)nc2cc(Cl)cnc21. The number of rotatable bonds is 5. The Morgan fingerprint density at radius 2 is 2.05 bits per heavy atom. The highest BCUT2D eigenvalue weighted by molar-refractivity contribution is 6.31. The molecule has 0 N–H and O–H groups in total. The van der Waals surface area contributed by atoms with Gasteiger partial charge in [-0.2, -0.15) is 0 Å². The summed E-state index contributed by atoms with van der Waals surface area (Å²) in [4.78, 5) is 9.06. The second-order valence-corrected chi connectivity index (χ2v) is 6.13. The lowest BCUT2D eigenvalue weighted by molar-refractivity contribution is 0.425. The second kappa shape index (κ2) is 6.10. The number of hydrogen-bond donors (Lipinski definition) is 0. The van der Waals surface area contributed by atoms with Gasteiger partial charge < -0.3 is 4.57 Å². The molecule has 0 radical (unpaired) electrons. The van der Waals surface area contributed by atoms with Crippen LogP contribution in [0.15, 0.2) is 12.3 Å². The molecule has 19 heavy (non-hydrogen) atoms. The second-order valence-electron chi connectivity index (χ2n) is 5.31. The normalized spacial score (nSPS) is 13.4. The number of hydrogen-bond acceptors (Lipinski definition) is 2. The minimum atomic E-state index is 0.358. The van der Waals surface area contributed by atoms with Crippen LogP contribution in [-0.4, -0.2) is 20.4 Å². The quantitative estimate of drug-likeness (QED) is 0.763. The number of alkyl halides is 1. The molecular formula is C14H19Cl2N3. The fraction of sp³-hybridized carbons (Fsp3) is 0.571. The third kappa shape index (κ3) is 3.21. The van der Waals surface area contributed by atoms with E-state index in [1.165, 1.54) is 0 Å². The maximum Gasteiger partial charge on any atom is 0.160 e. The Morgan fingerprint density at radius 1 is 1.32 bits per heavy atom. The molecule has 0 aliphatic carbocycles. The van der Waals surface area contributed by atoms with Gasteiger partial charge in [-0.3, -0.25) is 0 Å². The molecule has 0 aliphatic heterocycles. The summed E-state index contributed by atoms with van der Waals surface area (Å²) in [6, 6.07) is 2.22. The molecule has 0 spiro atoms. The Balaban J connectivity index is 2.51. The number of aryl methyl sites for hydroxylation is 1. The predicted molar refractivity (Wildman–Crippen MR) is 81.1 cm³/mol. The summed E-state index contributed by atoms with van der Waals surface area (Å²) < 4.78 is 2.20. The largest absolute Gasteiger partial charge is 0.310 e. The van der Waals surface area contributed by atoms with Crippen LogP contribution in [0.3, 0.4) is 0 Å². The van der Waals surface area contributed by atoms with Crippen LogP contribution >= 0.6 is 23.2 Å². The van der Waals surface area contributed by atoms with Crippen LogP contribution in [-0.2, 0) is 6.42 Å². The van der Waals surface area contributed by atoms with Crippen LogP contribution in [0.5, 0.6) is 0 Å². The van der Waals surface area contributed by atoms with Gasteiger partial charge >= 0.3 is 0 Å². The lowest BCUT2D eigenvalue weighted by atomic mass is 10.0. The number of pyridine rings is 1. The van der Waals surface area contributed by atoms with Crippen molar-refractivity contribution in [1.29, 1.82) is 0 Å². The van der Waals surface area contributed by atoms with Gasteiger partial charge in [0, 0.05) is 24.5 Å². The smallest absolute Gasteiger partial charge is 0.160 e. The topological polar surface area (TPSA) is 30.7 Å². The lowest BCUT2D eigenvalue weighted by Crippen LogP contribution is -2.12. The summed E-state index contributed by atoms with van der Waals surface area (Å²) in [5.74, 6) is 2.18. The van der Waals surface area contributed by atoms with Gasteiger partial charge in [0.05, 0.1) is 5.02 Å². The van der Waals surface area contributed by atoms with E-state index in [4.69, 9.17) is 23.2 Å². The van der Waals surface area contributed by atoms with E-state index in [0.29, 0.717) is 22.9 Å². The molecule has 5 heteroatoms. The summed E-state index contributed by atoms with van der Waals surface area (Å²) in [7, 11) is 0. The highest BCUT2D eigenvalue weighted by atomic mass is 35.5. The van der Waals surface area contributed by atoms with Crippen molar-refractivity contribution in [2.45, 2.75) is 39.7 Å². The van der Waals surface area contributed by atoms with Crippen molar-refractivity contribution in [1.82, 2.24) is 14.5 Å². The molecule has 2 aromatic rings.